The van der Waals surface area contributed by atoms with E-state index in [4.69, 9.17) is 19.4 Å². The number of rotatable bonds is 6. The molecular weight excluding hydrogens is 460 g/mol. The van der Waals surface area contributed by atoms with Crippen molar-refractivity contribution in [2.45, 2.75) is 6.43 Å². The van der Waals surface area contributed by atoms with Crippen LogP contribution in [0.3, 0.4) is 0 Å². The topological polar surface area (TPSA) is 88.9 Å². The van der Waals surface area contributed by atoms with Crippen LogP contribution in [-0.4, -0.2) is 96.5 Å². The summed E-state index contributed by atoms with van der Waals surface area (Å²) in [5, 5.41) is 0. The van der Waals surface area contributed by atoms with Gasteiger partial charge in [-0.2, -0.15) is 9.97 Å². The summed E-state index contributed by atoms with van der Waals surface area (Å²) in [5.41, 5.74) is 0.970. The van der Waals surface area contributed by atoms with E-state index in [0.29, 0.717) is 75.2 Å². The molecule has 12 heteroatoms. The summed E-state index contributed by atoms with van der Waals surface area (Å²) in [5.74, 6) is 0.950. The van der Waals surface area contributed by atoms with Gasteiger partial charge < -0.3 is 24.2 Å². The molecule has 0 bridgehead atoms. The predicted molar refractivity (Wildman–Crippen MR) is 125 cm³/mol. The number of alkyl halides is 2. The molecule has 4 heterocycles. The number of ether oxygens (including phenoxy) is 2. The largest absolute Gasteiger partial charge is 0.378 e. The molecule has 3 aromatic rings. The standard InChI is InChI=1S/C23H27F2N7O3/c1-34-15-20(33)31-8-6-29(7-9-31)18-14-19(30-10-12-35-13-11-30)28-23(27-18)32-17-5-3-2-4-16(17)26-22(32)21(24)25/h2-5,14,21H,6-13,15H2,1H3. The van der Waals surface area contributed by atoms with Gasteiger partial charge in [-0.25, -0.2) is 13.8 Å². The number of benzene rings is 1. The summed E-state index contributed by atoms with van der Waals surface area (Å²) in [6, 6.07) is 8.84. The molecule has 186 valence electrons. The van der Waals surface area contributed by atoms with Crippen LogP contribution < -0.4 is 9.80 Å². The maximum absolute atomic E-state index is 14.0. The van der Waals surface area contributed by atoms with Gasteiger partial charge in [0.2, 0.25) is 11.9 Å². The number of imidazole rings is 1. The Kier molecular flexibility index (Phi) is 6.73. The molecule has 35 heavy (non-hydrogen) atoms. The van der Waals surface area contributed by atoms with Crippen molar-refractivity contribution < 1.29 is 23.0 Å². The fourth-order valence-electron chi connectivity index (χ4n) is 4.43. The summed E-state index contributed by atoms with van der Waals surface area (Å²) in [6.45, 7) is 4.60. The number of carbonyl (C=O) groups excluding carboxylic acids is 1. The number of anilines is 2. The van der Waals surface area contributed by atoms with Crippen molar-refractivity contribution in [3.63, 3.8) is 0 Å². The lowest BCUT2D eigenvalue weighted by Gasteiger charge is -2.36. The average molecular weight is 488 g/mol. The lowest BCUT2D eigenvalue weighted by molar-refractivity contribution is -0.135. The van der Waals surface area contributed by atoms with Gasteiger partial charge >= 0.3 is 0 Å². The zero-order valence-corrected chi connectivity index (χ0v) is 19.4. The maximum Gasteiger partial charge on any atom is 0.296 e. The van der Waals surface area contributed by atoms with Gasteiger partial charge in [-0.15, -0.1) is 0 Å². The van der Waals surface area contributed by atoms with Gasteiger partial charge in [0.15, 0.2) is 5.82 Å². The second-order valence-electron chi connectivity index (χ2n) is 8.38. The normalized spacial score (nSPS) is 17.0. The van der Waals surface area contributed by atoms with Crippen LogP contribution in [0.2, 0.25) is 0 Å². The first-order valence-corrected chi connectivity index (χ1v) is 11.5. The number of nitrogens with zero attached hydrogens (tertiary/aromatic N) is 7. The minimum absolute atomic E-state index is 0.0446. The number of para-hydroxylation sites is 2. The van der Waals surface area contributed by atoms with E-state index in [1.54, 1.807) is 29.2 Å². The fourth-order valence-corrected chi connectivity index (χ4v) is 4.43. The van der Waals surface area contributed by atoms with Crippen LogP contribution in [-0.2, 0) is 14.3 Å². The molecule has 0 N–H and O–H groups in total. The van der Waals surface area contributed by atoms with E-state index in [1.807, 2.05) is 11.0 Å². The van der Waals surface area contributed by atoms with Gasteiger partial charge in [-0.05, 0) is 12.1 Å². The Balaban J connectivity index is 1.54. The van der Waals surface area contributed by atoms with E-state index in [9.17, 15) is 13.6 Å². The lowest BCUT2D eigenvalue weighted by Crippen LogP contribution is -2.50. The summed E-state index contributed by atoms with van der Waals surface area (Å²) in [6.07, 6.45) is -2.79. The van der Waals surface area contributed by atoms with E-state index in [-0.39, 0.29) is 18.5 Å². The zero-order chi connectivity index (χ0) is 24.4. The Hall–Kier alpha value is -3.38. The predicted octanol–water partition coefficient (Wildman–Crippen LogP) is 1.88. The van der Waals surface area contributed by atoms with Crippen LogP contribution in [0.15, 0.2) is 30.3 Å². The van der Waals surface area contributed by atoms with Gasteiger partial charge in [0.25, 0.3) is 6.43 Å². The molecule has 1 amide bonds. The maximum atomic E-state index is 14.0. The summed E-state index contributed by atoms with van der Waals surface area (Å²) >= 11 is 0. The zero-order valence-electron chi connectivity index (χ0n) is 19.4. The third-order valence-corrected chi connectivity index (χ3v) is 6.23. The molecule has 2 aliphatic rings. The van der Waals surface area contributed by atoms with Crippen molar-refractivity contribution in [2.24, 2.45) is 0 Å². The Labute approximate surface area is 201 Å². The number of aromatic nitrogens is 4. The van der Waals surface area contributed by atoms with Crippen LogP contribution >= 0.6 is 0 Å². The van der Waals surface area contributed by atoms with E-state index in [1.165, 1.54) is 11.7 Å². The molecule has 5 rings (SSSR count). The number of methoxy groups -OCH3 is 1. The average Bonchev–Trinajstić information content (AvgIpc) is 3.29. The Morgan fingerprint density at radius 2 is 1.66 bits per heavy atom. The minimum atomic E-state index is -2.79. The van der Waals surface area contributed by atoms with E-state index in [0.717, 1.165) is 0 Å². The molecule has 1 aromatic carbocycles. The van der Waals surface area contributed by atoms with Gasteiger partial charge in [-0.1, -0.05) is 12.1 Å². The Bertz CT molecular complexity index is 1190. The number of morpholine rings is 1. The number of hydrogen-bond acceptors (Lipinski definition) is 8. The molecule has 2 fully saturated rings. The number of fused-ring (bicyclic) bond motifs is 1. The highest BCUT2D eigenvalue weighted by molar-refractivity contribution is 5.78. The number of piperazine rings is 1. The first-order chi connectivity index (χ1) is 17.0. The van der Waals surface area contributed by atoms with Crippen LogP contribution in [0.4, 0.5) is 20.4 Å². The minimum Gasteiger partial charge on any atom is -0.378 e. The molecule has 0 atom stereocenters. The first kappa shape index (κ1) is 23.4. The number of halogens is 2. The van der Waals surface area contributed by atoms with E-state index < -0.39 is 12.2 Å². The highest BCUT2D eigenvalue weighted by Crippen LogP contribution is 2.29. The first-order valence-electron chi connectivity index (χ1n) is 11.5. The summed E-state index contributed by atoms with van der Waals surface area (Å²) in [7, 11) is 1.50. The van der Waals surface area contributed by atoms with E-state index in [2.05, 4.69) is 9.88 Å². The number of carbonyl (C=O) groups is 1. The SMILES string of the molecule is COCC(=O)N1CCN(c2cc(N3CCOCC3)nc(-n3c(C(F)F)nc4ccccc43)n2)CC1. The highest BCUT2D eigenvalue weighted by atomic mass is 19.3. The molecule has 0 saturated carbocycles. The molecule has 0 radical (unpaired) electrons. The highest BCUT2D eigenvalue weighted by Gasteiger charge is 2.26. The van der Waals surface area contributed by atoms with Crippen molar-refractivity contribution in [3.05, 3.63) is 36.2 Å². The van der Waals surface area contributed by atoms with Crippen molar-refractivity contribution in [2.75, 3.05) is 76.0 Å². The third kappa shape index (κ3) is 4.76. The van der Waals surface area contributed by atoms with Crippen LogP contribution in [0.1, 0.15) is 12.2 Å². The molecular formula is C23H27F2N7O3. The molecule has 0 aliphatic carbocycles. The monoisotopic (exact) mass is 487 g/mol. The second kappa shape index (κ2) is 10.1. The fraction of sp³-hybridized carbons (Fsp3) is 0.478. The van der Waals surface area contributed by atoms with Crippen molar-refractivity contribution in [1.29, 1.82) is 0 Å². The second-order valence-corrected chi connectivity index (χ2v) is 8.38. The smallest absolute Gasteiger partial charge is 0.296 e. The lowest BCUT2D eigenvalue weighted by atomic mass is 10.3. The van der Waals surface area contributed by atoms with Crippen LogP contribution in [0.5, 0.6) is 0 Å². The van der Waals surface area contributed by atoms with Crippen LogP contribution in [0, 0.1) is 0 Å². The van der Waals surface area contributed by atoms with Gasteiger partial charge in [0.1, 0.15) is 18.2 Å². The molecule has 2 aliphatic heterocycles. The molecule has 2 saturated heterocycles. The van der Waals surface area contributed by atoms with Crippen molar-refractivity contribution >= 4 is 28.6 Å². The third-order valence-electron chi connectivity index (χ3n) is 6.23. The number of hydrogen-bond donors (Lipinski definition) is 0. The van der Waals surface area contributed by atoms with Gasteiger partial charge in [0.05, 0.1) is 24.2 Å². The summed E-state index contributed by atoms with van der Waals surface area (Å²) < 4.78 is 39.8. The summed E-state index contributed by atoms with van der Waals surface area (Å²) in [4.78, 5) is 31.6. The van der Waals surface area contributed by atoms with Gasteiger partial charge in [-0.3, -0.25) is 9.36 Å². The Morgan fingerprint density at radius 3 is 2.31 bits per heavy atom. The van der Waals surface area contributed by atoms with Crippen LogP contribution in [0.25, 0.3) is 17.0 Å². The molecule has 0 spiro atoms. The molecule has 10 nitrogen and oxygen atoms in total. The quantitative estimate of drug-likeness (QED) is 0.521. The van der Waals surface area contributed by atoms with E-state index >= 15 is 0 Å². The molecule has 0 unspecified atom stereocenters. The van der Waals surface area contributed by atoms with Gasteiger partial charge in [0, 0.05) is 52.4 Å². The molecule has 2 aromatic heterocycles. The van der Waals surface area contributed by atoms with Crippen molar-refractivity contribution in [1.82, 2.24) is 24.4 Å². The Morgan fingerprint density at radius 1 is 1.00 bits per heavy atom. The van der Waals surface area contributed by atoms with Crippen molar-refractivity contribution in [3.8, 4) is 5.95 Å². The number of amides is 1.